The van der Waals surface area contributed by atoms with E-state index in [0.29, 0.717) is 24.8 Å². The van der Waals surface area contributed by atoms with E-state index in [-0.39, 0.29) is 18.4 Å². The normalized spacial score (nSPS) is 20.8. The van der Waals surface area contributed by atoms with Crippen molar-refractivity contribution in [2.75, 3.05) is 13.1 Å². The Morgan fingerprint density at radius 1 is 1.24 bits per heavy atom. The van der Waals surface area contributed by atoms with Gasteiger partial charge in [0.05, 0.1) is 6.04 Å². The summed E-state index contributed by atoms with van der Waals surface area (Å²) in [7, 11) is 0. The van der Waals surface area contributed by atoms with Crippen LogP contribution in [0.25, 0.3) is 0 Å². The van der Waals surface area contributed by atoms with E-state index in [0.717, 1.165) is 32.2 Å². The molecule has 1 amide bonds. The molecule has 2 atom stereocenters. The molecule has 0 bridgehead atoms. The van der Waals surface area contributed by atoms with Gasteiger partial charge in [-0.2, -0.15) is 0 Å². The molecular formula is C16H30N2O3. The first kappa shape index (κ1) is 18.0. The summed E-state index contributed by atoms with van der Waals surface area (Å²) >= 11 is 0. The molecule has 1 aliphatic heterocycles. The molecular weight excluding hydrogens is 268 g/mol. The third kappa shape index (κ3) is 7.46. The van der Waals surface area contributed by atoms with Crippen molar-refractivity contribution >= 4 is 11.9 Å². The first-order valence-corrected chi connectivity index (χ1v) is 8.23. The zero-order valence-electron chi connectivity index (χ0n) is 13.4. The fourth-order valence-corrected chi connectivity index (χ4v) is 2.88. The maximum atomic E-state index is 12.1. The van der Waals surface area contributed by atoms with E-state index in [2.05, 4.69) is 24.5 Å². The van der Waals surface area contributed by atoms with Crippen molar-refractivity contribution < 1.29 is 14.7 Å². The van der Waals surface area contributed by atoms with Crippen LogP contribution < -0.4 is 10.6 Å². The van der Waals surface area contributed by atoms with Gasteiger partial charge in [0.2, 0.25) is 5.91 Å². The molecule has 1 aliphatic rings. The molecule has 1 heterocycles. The average Bonchev–Trinajstić information content (AvgIpc) is 2.70. The lowest BCUT2D eigenvalue weighted by molar-refractivity contribution is -0.137. The average molecular weight is 298 g/mol. The number of carbonyl (C=O) groups excluding carboxylic acids is 1. The summed E-state index contributed by atoms with van der Waals surface area (Å²) in [5.74, 6) is 0.144. The molecule has 122 valence electrons. The van der Waals surface area contributed by atoms with Crippen LogP contribution in [0.3, 0.4) is 0 Å². The standard InChI is InChI=1S/C16H30N2O3/c1-12(2)13(7-8-15(19)20)9-11-18-16(21)14-6-4-3-5-10-17-14/h12-14,17H,3-11H2,1-2H3,(H,18,21)(H,19,20). The molecule has 5 heteroatoms. The van der Waals surface area contributed by atoms with Gasteiger partial charge in [-0.05, 0) is 44.1 Å². The van der Waals surface area contributed by atoms with Crippen molar-refractivity contribution in [3.05, 3.63) is 0 Å². The van der Waals surface area contributed by atoms with E-state index in [4.69, 9.17) is 5.11 Å². The summed E-state index contributed by atoms with van der Waals surface area (Å²) < 4.78 is 0. The highest BCUT2D eigenvalue weighted by atomic mass is 16.4. The summed E-state index contributed by atoms with van der Waals surface area (Å²) in [6.45, 7) is 5.78. The number of carbonyl (C=O) groups is 2. The van der Waals surface area contributed by atoms with Crippen LogP contribution in [0.5, 0.6) is 0 Å². The predicted octanol–water partition coefficient (Wildman–Crippen LogP) is 2.16. The number of hydrogen-bond donors (Lipinski definition) is 3. The van der Waals surface area contributed by atoms with E-state index in [1.807, 2.05) is 0 Å². The second-order valence-electron chi connectivity index (χ2n) is 6.37. The fraction of sp³-hybridized carbons (Fsp3) is 0.875. The van der Waals surface area contributed by atoms with Crippen LogP contribution in [0.4, 0.5) is 0 Å². The van der Waals surface area contributed by atoms with E-state index in [1.165, 1.54) is 6.42 Å². The number of aliphatic carboxylic acids is 1. The molecule has 1 fully saturated rings. The van der Waals surface area contributed by atoms with Gasteiger partial charge >= 0.3 is 5.97 Å². The van der Waals surface area contributed by atoms with Crippen molar-refractivity contribution in [1.29, 1.82) is 0 Å². The van der Waals surface area contributed by atoms with E-state index in [9.17, 15) is 9.59 Å². The van der Waals surface area contributed by atoms with Crippen molar-refractivity contribution in [3.8, 4) is 0 Å². The smallest absolute Gasteiger partial charge is 0.303 e. The lowest BCUT2D eigenvalue weighted by Crippen LogP contribution is -2.44. The Bertz CT molecular complexity index is 323. The number of hydrogen-bond acceptors (Lipinski definition) is 3. The lowest BCUT2D eigenvalue weighted by Gasteiger charge is -2.21. The highest BCUT2D eigenvalue weighted by molar-refractivity contribution is 5.81. The second kappa shape index (κ2) is 9.77. The second-order valence-corrected chi connectivity index (χ2v) is 6.37. The Labute approximate surface area is 127 Å². The van der Waals surface area contributed by atoms with Gasteiger partial charge in [0.25, 0.3) is 0 Å². The van der Waals surface area contributed by atoms with Gasteiger partial charge in [0, 0.05) is 13.0 Å². The maximum absolute atomic E-state index is 12.1. The largest absolute Gasteiger partial charge is 0.481 e. The quantitative estimate of drug-likeness (QED) is 0.641. The van der Waals surface area contributed by atoms with Gasteiger partial charge in [-0.15, -0.1) is 0 Å². The van der Waals surface area contributed by atoms with Crippen LogP contribution in [-0.4, -0.2) is 36.1 Å². The molecule has 5 nitrogen and oxygen atoms in total. The SMILES string of the molecule is CC(C)C(CCNC(=O)C1CCCCCN1)CCC(=O)O. The molecule has 0 radical (unpaired) electrons. The van der Waals surface area contributed by atoms with Crippen LogP contribution in [0.15, 0.2) is 0 Å². The molecule has 0 aromatic rings. The van der Waals surface area contributed by atoms with Crippen molar-refractivity contribution in [2.45, 2.75) is 64.8 Å². The highest BCUT2D eigenvalue weighted by Gasteiger charge is 2.20. The number of carboxylic acids is 1. The Morgan fingerprint density at radius 3 is 2.67 bits per heavy atom. The third-order valence-electron chi connectivity index (χ3n) is 4.36. The van der Waals surface area contributed by atoms with Gasteiger partial charge in [-0.25, -0.2) is 0 Å². The summed E-state index contributed by atoms with van der Waals surface area (Å²) in [6.07, 6.45) is 6.11. The van der Waals surface area contributed by atoms with Crippen LogP contribution in [0, 0.1) is 11.8 Å². The molecule has 1 rings (SSSR count). The van der Waals surface area contributed by atoms with E-state index in [1.54, 1.807) is 0 Å². The maximum Gasteiger partial charge on any atom is 0.303 e. The first-order chi connectivity index (χ1) is 10.0. The van der Waals surface area contributed by atoms with Crippen LogP contribution in [-0.2, 0) is 9.59 Å². The van der Waals surface area contributed by atoms with Gasteiger partial charge in [0.15, 0.2) is 0 Å². The molecule has 3 N–H and O–H groups in total. The lowest BCUT2D eigenvalue weighted by atomic mass is 9.88. The molecule has 0 aromatic carbocycles. The number of carboxylic acid groups (broad SMARTS) is 1. The van der Waals surface area contributed by atoms with Crippen molar-refractivity contribution in [2.24, 2.45) is 11.8 Å². The molecule has 0 aromatic heterocycles. The topological polar surface area (TPSA) is 78.4 Å². The fourth-order valence-electron chi connectivity index (χ4n) is 2.88. The Kier molecular flexibility index (Phi) is 8.35. The number of nitrogens with one attached hydrogen (secondary N) is 2. The molecule has 2 unspecified atom stereocenters. The highest BCUT2D eigenvalue weighted by Crippen LogP contribution is 2.20. The monoisotopic (exact) mass is 298 g/mol. The van der Waals surface area contributed by atoms with Gasteiger partial charge in [-0.3, -0.25) is 9.59 Å². The minimum Gasteiger partial charge on any atom is -0.481 e. The van der Waals surface area contributed by atoms with Crippen molar-refractivity contribution in [1.82, 2.24) is 10.6 Å². The zero-order chi connectivity index (χ0) is 15.7. The van der Waals surface area contributed by atoms with Crippen LogP contribution in [0.2, 0.25) is 0 Å². The van der Waals surface area contributed by atoms with Crippen LogP contribution in [0.1, 0.15) is 58.8 Å². The molecule has 1 saturated heterocycles. The summed E-state index contributed by atoms with van der Waals surface area (Å²) in [5.41, 5.74) is 0. The Balaban J connectivity index is 2.28. The minimum atomic E-state index is -0.743. The van der Waals surface area contributed by atoms with Gasteiger partial charge in [0.1, 0.15) is 0 Å². The Hall–Kier alpha value is -1.10. The minimum absolute atomic E-state index is 0.0518. The summed E-state index contributed by atoms with van der Waals surface area (Å²) in [5, 5.41) is 15.1. The van der Waals surface area contributed by atoms with Gasteiger partial charge < -0.3 is 15.7 Å². The van der Waals surface area contributed by atoms with E-state index < -0.39 is 5.97 Å². The summed E-state index contributed by atoms with van der Waals surface area (Å²) in [6, 6.07) is -0.0518. The molecule has 21 heavy (non-hydrogen) atoms. The molecule has 0 aliphatic carbocycles. The van der Waals surface area contributed by atoms with Crippen molar-refractivity contribution in [3.63, 3.8) is 0 Å². The molecule has 0 spiro atoms. The molecule has 0 saturated carbocycles. The Morgan fingerprint density at radius 2 is 2.00 bits per heavy atom. The zero-order valence-corrected chi connectivity index (χ0v) is 13.4. The number of rotatable bonds is 8. The van der Waals surface area contributed by atoms with Gasteiger partial charge in [-0.1, -0.05) is 26.7 Å². The number of amides is 1. The van der Waals surface area contributed by atoms with Crippen LogP contribution >= 0.6 is 0 Å². The summed E-state index contributed by atoms with van der Waals surface area (Å²) in [4.78, 5) is 22.8. The third-order valence-corrected chi connectivity index (χ3v) is 4.36. The van der Waals surface area contributed by atoms with E-state index >= 15 is 0 Å². The predicted molar refractivity (Wildman–Crippen MR) is 83.1 cm³/mol. The first-order valence-electron chi connectivity index (χ1n) is 8.23.